The fraction of sp³-hybridized carbons (Fsp3) is 0.300. The first-order valence-corrected chi connectivity index (χ1v) is 11.5. The van der Waals surface area contributed by atoms with Crippen LogP contribution in [0.25, 0.3) is 0 Å². The lowest BCUT2D eigenvalue weighted by molar-refractivity contribution is 0.0730. The van der Waals surface area contributed by atoms with Crippen LogP contribution < -0.4 is 5.32 Å². The molecule has 2 aromatic rings. The van der Waals surface area contributed by atoms with Crippen molar-refractivity contribution in [1.29, 1.82) is 0 Å². The number of amides is 2. The molecule has 2 aromatic carbocycles. The molecule has 0 spiro atoms. The van der Waals surface area contributed by atoms with E-state index in [0.717, 1.165) is 11.8 Å². The topological polar surface area (TPSA) is 96.0 Å². The standard InChI is InChI=1S/C20H23N3O5S2/c1-22(2)20(25)29-18-9-4-3-8-17(18)21-19(24)15-6-5-7-16(14-15)30(26,27)23-10-12-28-13-11-23/h3-9,14H,10-13H2,1-2H3,(H,21,24). The first-order chi connectivity index (χ1) is 14.3. The Morgan fingerprint density at radius 3 is 2.47 bits per heavy atom. The maximum atomic E-state index is 12.9. The molecule has 0 unspecified atom stereocenters. The molecule has 1 saturated heterocycles. The second-order valence-corrected chi connectivity index (χ2v) is 9.69. The molecule has 1 N–H and O–H groups in total. The number of thioether (sulfide) groups is 1. The van der Waals surface area contributed by atoms with Gasteiger partial charge in [-0.15, -0.1) is 0 Å². The molecule has 3 rings (SSSR count). The van der Waals surface area contributed by atoms with Crippen molar-refractivity contribution in [3.63, 3.8) is 0 Å². The van der Waals surface area contributed by atoms with Gasteiger partial charge in [0.15, 0.2) is 0 Å². The van der Waals surface area contributed by atoms with E-state index in [1.165, 1.54) is 21.3 Å². The molecule has 8 nitrogen and oxygen atoms in total. The molecule has 1 aliphatic heterocycles. The van der Waals surface area contributed by atoms with Gasteiger partial charge in [-0.25, -0.2) is 8.42 Å². The molecule has 0 atom stereocenters. The van der Waals surface area contributed by atoms with Crippen molar-refractivity contribution in [2.24, 2.45) is 0 Å². The number of rotatable bonds is 5. The maximum Gasteiger partial charge on any atom is 0.286 e. The molecule has 1 aliphatic rings. The summed E-state index contributed by atoms with van der Waals surface area (Å²) < 4.78 is 32.3. The second kappa shape index (κ2) is 9.61. The fourth-order valence-electron chi connectivity index (χ4n) is 2.77. The number of morpholine rings is 1. The van der Waals surface area contributed by atoms with Crippen molar-refractivity contribution in [3.05, 3.63) is 54.1 Å². The minimum Gasteiger partial charge on any atom is -0.379 e. The van der Waals surface area contributed by atoms with Crippen LogP contribution in [0, 0.1) is 0 Å². The van der Waals surface area contributed by atoms with Crippen molar-refractivity contribution in [1.82, 2.24) is 9.21 Å². The number of carbonyl (C=O) groups is 2. The van der Waals surface area contributed by atoms with E-state index in [2.05, 4.69) is 5.32 Å². The highest BCUT2D eigenvalue weighted by Crippen LogP contribution is 2.29. The number of carbonyl (C=O) groups excluding carboxylic acids is 2. The molecule has 160 valence electrons. The molecule has 0 radical (unpaired) electrons. The summed E-state index contributed by atoms with van der Waals surface area (Å²) >= 11 is 1.000. The average molecular weight is 450 g/mol. The molecule has 30 heavy (non-hydrogen) atoms. The Morgan fingerprint density at radius 2 is 1.77 bits per heavy atom. The van der Waals surface area contributed by atoms with Gasteiger partial charge in [0.25, 0.3) is 11.1 Å². The fourth-order valence-corrected chi connectivity index (χ4v) is 4.97. The summed E-state index contributed by atoms with van der Waals surface area (Å²) in [5.41, 5.74) is 0.687. The van der Waals surface area contributed by atoms with Crippen LogP contribution in [0.2, 0.25) is 0 Å². The Kier molecular flexibility index (Phi) is 7.14. The van der Waals surface area contributed by atoms with Crippen molar-refractivity contribution >= 4 is 38.6 Å². The molecule has 0 saturated carbocycles. The van der Waals surface area contributed by atoms with Gasteiger partial charge >= 0.3 is 0 Å². The summed E-state index contributed by atoms with van der Waals surface area (Å²) in [5.74, 6) is -0.459. The van der Waals surface area contributed by atoms with Crippen molar-refractivity contribution in [2.75, 3.05) is 45.7 Å². The lowest BCUT2D eigenvalue weighted by Crippen LogP contribution is -2.40. The lowest BCUT2D eigenvalue weighted by Gasteiger charge is -2.26. The summed E-state index contributed by atoms with van der Waals surface area (Å²) in [5, 5.41) is 2.60. The molecule has 0 aromatic heterocycles. The van der Waals surface area contributed by atoms with Crippen molar-refractivity contribution in [3.8, 4) is 0 Å². The van der Waals surface area contributed by atoms with Crippen LogP contribution in [-0.4, -0.2) is 69.2 Å². The third-order valence-corrected chi connectivity index (χ3v) is 7.41. The number of hydrogen-bond donors (Lipinski definition) is 1. The zero-order valence-electron chi connectivity index (χ0n) is 16.7. The number of anilines is 1. The predicted octanol–water partition coefficient (Wildman–Crippen LogP) is 2.73. The number of para-hydroxylation sites is 1. The zero-order valence-corrected chi connectivity index (χ0v) is 18.3. The number of nitrogens with zero attached hydrogens (tertiary/aromatic N) is 2. The monoisotopic (exact) mass is 449 g/mol. The summed E-state index contributed by atoms with van der Waals surface area (Å²) in [6, 6.07) is 12.9. The molecule has 1 heterocycles. The van der Waals surface area contributed by atoms with E-state index >= 15 is 0 Å². The molecule has 0 aliphatic carbocycles. The minimum absolute atomic E-state index is 0.0579. The highest BCUT2D eigenvalue weighted by Gasteiger charge is 2.27. The Bertz CT molecular complexity index is 1030. The largest absolute Gasteiger partial charge is 0.379 e. The normalized spacial score (nSPS) is 14.9. The summed E-state index contributed by atoms with van der Waals surface area (Å²) in [7, 11) is -0.406. The van der Waals surface area contributed by atoms with E-state index < -0.39 is 15.9 Å². The first-order valence-electron chi connectivity index (χ1n) is 9.26. The smallest absolute Gasteiger partial charge is 0.286 e. The van der Waals surface area contributed by atoms with Crippen molar-refractivity contribution in [2.45, 2.75) is 9.79 Å². The molecule has 10 heteroatoms. The van der Waals surface area contributed by atoms with Gasteiger partial charge in [-0.1, -0.05) is 18.2 Å². The summed E-state index contributed by atoms with van der Waals surface area (Å²) in [4.78, 5) is 26.9. The zero-order chi connectivity index (χ0) is 21.7. The van der Waals surface area contributed by atoms with Crippen LogP contribution in [-0.2, 0) is 14.8 Å². The number of hydrogen-bond acceptors (Lipinski definition) is 6. The SMILES string of the molecule is CN(C)C(=O)Sc1ccccc1NC(=O)c1cccc(S(=O)(=O)N2CCOCC2)c1. The third kappa shape index (κ3) is 5.20. The van der Waals surface area contributed by atoms with Gasteiger partial charge in [0.05, 0.1) is 23.8 Å². The van der Waals surface area contributed by atoms with Gasteiger partial charge in [0.1, 0.15) is 0 Å². The van der Waals surface area contributed by atoms with Gasteiger partial charge in [-0.3, -0.25) is 9.59 Å². The van der Waals surface area contributed by atoms with E-state index in [1.807, 2.05) is 0 Å². The summed E-state index contributed by atoms with van der Waals surface area (Å²) in [6.07, 6.45) is 0. The Hall–Kier alpha value is -2.40. The highest BCUT2D eigenvalue weighted by molar-refractivity contribution is 8.13. The predicted molar refractivity (Wildman–Crippen MR) is 115 cm³/mol. The number of benzene rings is 2. The Labute approximate surface area is 180 Å². The van der Waals surface area contributed by atoms with E-state index in [-0.39, 0.29) is 28.8 Å². The van der Waals surface area contributed by atoms with Crippen LogP contribution in [0.4, 0.5) is 10.5 Å². The van der Waals surface area contributed by atoms with E-state index in [1.54, 1.807) is 50.5 Å². The molecular formula is C20H23N3O5S2. The molecular weight excluding hydrogens is 426 g/mol. The van der Waals surface area contributed by atoms with Gasteiger partial charge in [-0.2, -0.15) is 4.31 Å². The minimum atomic E-state index is -3.71. The molecule has 2 amide bonds. The van der Waals surface area contributed by atoms with E-state index in [9.17, 15) is 18.0 Å². The van der Waals surface area contributed by atoms with Gasteiger partial charge in [0, 0.05) is 37.6 Å². The summed E-state index contributed by atoms with van der Waals surface area (Å²) in [6.45, 7) is 1.26. The highest BCUT2D eigenvalue weighted by atomic mass is 32.2. The van der Waals surface area contributed by atoms with Crippen molar-refractivity contribution < 1.29 is 22.7 Å². The molecule has 0 bridgehead atoms. The van der Waals surface area contributed by atoms with E-state index in [4.69, 9.17) is 4.74 Å². The van der Waals surface area contributed by atoms with Crippen LogP contribution in [0.3, 0.4) is 0 Å². The van der Waals surface area contributed by atoms with Crippen LogP contribution in [0.1, 0.15) is 10.4 Å². The Morgan fingerprint density at radius 1 is 1.07 bits per heavy atom. The van der Waals surface area contributed by atoms with Gasteiger partial charge in [0.2, 0.25) is 10.0 Å². The third-order valence-electron chi connectivity index (χ3n) is 4.40. The van der Waals surface area contributed by atoms with Crippen LogP contribution in [0.5, 0.6) is 0 Å². The lowest BCUT2D eigenvalue weighted by atomic mass is 10.2. The van der Waals surface area contributed by atoms with Crippen LogP contribution >= 0.6 is 11.8 Å². The number of nitrogens with one attached hydrogen (secondary N) is 1. The number of ether oxygens (including phenoxy) is 1. The van der Waals surface area contributed by atoms with Gasteiger partial charge in [-0.05, 0) is 42.1 Å². The Balaban J connectivity index is 1.81. The van der Waals surface area contributed by atoms with Crippen LogP contribution in [0.15, 0.2) is 58.3 Å². The van der Waals surface area contributed by atoms with Gasteiger partial charge < -0.3 is 15.0 Å². The quantitative estimate of drug-likeness (QED) is 0.705. The number of sulfonamides is 1. The average Bonchev–Trinajstić information content (AvgIpc) is 2.75. The second-order valence-electron chi connectivity index (χ2n) is 6.76. The van der Waals surface area contributed by atoms with E-state index in [0.29, 0.717) is 23.8 Å². The maximum absolute atomic E-state index is 12.9. The molecule has 1 fully saturated rings. The first kappa shape index (κ1) is 22.3.